The lowest BCUT2D eigenvalue weighted by molar-refractivity contribution is -0.137. The number of aliphatic carboxylic acids is 1. The van der Waals surface area contributed by atoms with E-state index in [1.54, 1.807) is 0 Å². The quantitative estimate of drug-likeness (QED) is 0.465. The first-order chi connectivity index (χ1) is 17.0. The van der Waals surface area contributed by atoms with Crippen molar-refractivity contribution < 1.29 is 14.7 Å². The summed E-state index contributed by atoms with van der Waals surface area (Å²) in [6.45, 7) is 4.76. The number of amides is 2. The molecule has 1 saturated heterocycles. The predicted octanol–water partition coefficient (Wildman–Crippen LogP) is 5.54. The Kier molecular flexibility index (Phi) is 9.35. The molecule has 0 bridgehead atoms. The Bertz CT molecular complexity index is 911. The molecule has 1 atom stereocenters. The van der Waals surface area contributed by atoms with Crippen LogP contribution in [0, 0.1) is 11.8 Å². The van der Waals surface area contributed by atoms with Gasteiger partial charge in [-0.05, 0) is 94.0 Å². The molecule has 1 aromatic carbocycles. The van der Waals surface area contributed by atoms with E-state index in [-0.39, 0.29) is 18.8 Å². The van der Waals surface area contributed by atoms with Crippen LogP contribution in [0.5, 0.6) is 0 Å². The largest absolute Gasteiger partial charge is 0.481 e. The molecular formula is C29H45ClN3O3+. The maximum absolute atomic E-state index is 14.3. The summed E-state index contributed by atoms with van der Waals surface area (Å²) in [5.41, 5.74) is 4.09. The molecule has 1 aromatic rings. The van der Waals surface area contributed by atoms with Crippen molar-refractivity contribution in [2.24, 2.45) is 11.8 Å². The van der Waals surface area contributed by atoms with Gasteiger partial charge < -0.3 is 10.4 Å². The molecule has 2 aliphatic heterocycles. The van der Waals surface area contributed by atoms with Gasteiger partial charge in [0.25, 0.3) is 0 Å². The minimum absolute atomic E-state index is 0. The lowest BCUT2D eigenvalue weighted by atomic mass is 9.83. The molecule has 0 aromatic heterocycles. The van der Waals surface area contributed by atoms with E-state index in [2.05, 4.69) is 28.4 Å². The molecule has 4 aliphatic rings. The normalized spacial score (nSPS) is 29.3. The average molecular weight is 519 g/mol. The molecule has 36 heavy (non-hydrogen) atoms. The van der Waals surface area contributed by atoms with E-state index in [1.807, 2.05) is 0 Å². The third kappa shape index (κ3) is 5.92. The molecule has 0 radical (unpaired) electrons. The SMILES string of the molecule is Cl.O=C(O)CCC1CCC(N2CC[N+](CC3CCCCC3)(c3ccc4c(c3)CCNCC4)C2=O)CC1. The summed E-state index contributed by atoms with van der Waals surface area (Å²) in [4.78, 5) is 27.5. The molecular weight excluding hydrogens is 474 g/mol. The lowest BCUT2D eigenvalue weighted by Crippen LogP contribution is -2.56. The number of quaternary nitrogens is 1. The standard InChI is InChI=1S/C29H43N3O3.ClH/c33-28(34)13-8-22-6-10-26(11-7-22)31-18-19-32(29(31)35,21-23-4-2-1-3-5-23)27-12-9-24-14-16-30-17-15-25(24)20-27;/h9,12,20,22-23,26,30H,1-8,10-11,13-19,21H2;1H/p+1. The van der Waals surface area contributed by atoms with Crippen LogP contribution in [-0.2, 0) is 17.6 Å². The number of benzene rings is 1. The highest BCUT2D eigenvalue weighted by Crippen LogP contribution is 2.39. The molecule has 3 fully saturated rings. The first-order valence-electron chi connectivity index (χ1n) is 14.3. The topological polar surface area (TPSA) is 69.6 Å². The van der Waals surface area contributed by atoms with Gasteiger partial charge in [-0.15, -0.1) is 12.4 Å². The Balaban J connectivity index is 0.00000304. The molecule has 2 heterocycles. The van der Waals surface area contributed by atoms with Crippen LogP contribution in [0.1, 0.15) is 81.8 Å². The fraction of sp³-hybridized carbons (Fsp3) is 0.724. The van der Waals surface area contributed by atoms with Crippen LogP contribution >= 0.6 is 12.4 Å². The van der Waals surface area contributed by atoms with E-state index in [4.69, 9.17) is 5.11 Å². The Morgan fingerprint density at radius 1 is 0.972 bits per heavy atom. The van der Waals surface area contributed by atoms with Gasteiger partial charge in [0, 0.05) is 24.4 Å². The number of carboxylic acid groups (broad SMARTS) is 1. The van der Waals surface area contributed by atoms with Crippen LogP contribution in [-0.4, -0.2) is 60.8 Å². The Morgan fingerprint density at radius 3 is 2.42 bits per heavy atom. The number of nitrogens with zero attached hydrogens (tertiary/aromatic N) is 2. The van der Waals surface area contributed by atoms with E-state index in [1.165, 1.54) is 48.9 Å². The number of fused-ring (bicyclic) bond motifs is 1. The molecule has 2 aliphatic carbocycles. The number of carboxylic acids is 1. The van der Waals surface area contributed by atoms with Crippen LogP contribution in [0.2, 0.25) is 0 Å². The first-order valence-corrected chi connectivity index (χ1v) is 14.3. The molecule has 6 nitrogen and oxygen atoms in total. The molecule has 2 amide bonds. The second-order valence-corrected chi connectivity index (χ2v) is 11.7. The van der Waals surface area contributed by atoms with E-state index < -0.39 is 5.97 Å². The highest BCUT2D eigenvalue weighted by Gasteiger charge is 2.52. The predicted molar refractivity (Wildman–Crippen MR) is 147 cm³/mol. The van der Waals surface area contributed by atoms with Crippen molar-refractivity contribution in [2.75, 3.05) is 32.7 Å². The molecule has 1 unspecified atom stereocenters. The molecule has 7 heteroatoms. The highest BCUT2D eigenvalue weighted by atomic mass is 35.5. The maximum atomic E-state index is 14.3. The van der Waals surface area contributed by atoms with Gasteiger partial charge in [-0.2, -0.15) is 0 Å². The number of hydrogen-bond acceptors (Lipinski definition) is 3. The number of urea groups is 1. The second-order valence-electron chi connectivity index (χ2n) is 11.7. The number of hydrogen-bond donors (Lipinski definition) is 2. The van der Waals surface area contributed by atoms with Gasteiger partial charge in [-0.3, -0.25) is 9.69 Å². The van der Waals surface area contributed by atoms with Crippen LogP contribution < -0.4 is 9.80 Å². The van der Waals surface area contributed by atoms with Gasteiger partial charge >= 0.3 is 12.0 Å². The van der Waals surface area contributed by atoms with Crippen LogP contribution in [0.3, 0.4) is 0 Å². The summed E-state index contributed by atoms with van der Waals surface area (Å²) in [5, 5.41) is 12.6. The molecule has 200 valence electrons. The first kappa shape index (κ1) is 27.4. The van der Waals surface area contributed by atoms with Crippen molar-refractivity contribution in [3.8, 4) is 0 Å². The number of carbonyl (C=O) groups excluding carboxylic acids is 1. The summed E-state index contributed by atoms with van der Waals surface area (Å²) < 4.78 is 0.518. The monoisotopic (exact) mass is 518 g/mol. The van der Waals surface area contributed by atoms with E-state index >= 15 is 0 Å². The Hall–Kier alpha value is -1.63. The molecule has 2 saturated carbocycles. The van der Waals surface area contributed by atoms with Crippen LogP contribution in [0.25, 0.3) is 0 Å². The van der Waals surface area contributed by atoms with Crippen molar-refractivity contribution >= 4 is 30.1 Å². The van der Waals surface area contributed by atoms with Crippen molar-refractivity contribution in [1.29, 1.82) is 0 Å². The van der Waals surface area contributed by atoms with E-state index in [0.29, 0.717) is 28.4 Å². The highest BCUT2D eigenvalue weighted by molar-refractivity contribution is 5.89. The van der Waals surface area contributed by atoms with Gasteiger partial charge in [-0.25, -0.2) is 9.28 Å². The lowest BCUT2D eigenvalue weighted by Gasteiger charge is -2.37. The zero-order valence-corrected chi connectivity index (χ0v) is 22.6. The fourth-order valence-corrected chi connectivity index (χ4v) is 7.38. The van der Waals surface area contributed by atoms with Gasteiger partial charge in [-0.1, -0.05) is 25.3 Å². The van der Waals surface area contributed by atoms with Gasteiger partial charge in [0.05, 0.1) is 13.1 Å². The zero-order chi connectivity index (χ0) is 24.3. The summed E-state index contributed by atoms with van der Waals surface area (Å²) in [6.07, 6.45) is 13.8. The van der Waals surface area contributed by atoms with Gasteiger partial charge in [0.1, 0.15) is 12.2 Å². The summed E-state index contributed by atoms with van der Waals surface area (Å²) >= 11 is 0. The van der Waals surface area contributed by atoms with Crippen molar-refractivity contribution in [1.82, 2.24) is 14.7 Å². The zero-order valence-electron chi connectivity index (χ0n) is 21.8. The smallest absolute Gasteiger partial charge is 0.424 e. The number of carbonyl (C=O) groups is 2. The molecule has 5 rings (SSSR count). The minimum atomic E-state index is -0.692. The van der Waals surface area contributed by atoms with E-state index in [9.17, 15) is 9.59 Å². The maximum Gasteiger partial charge on any atom is 0.424 e. The van der Waals surface area contributed by atoms with Gasteiger partial charge in [0.2, 0.25) is 0 Å². The summed E-state index contributed by atoms with van der Waals surface area (Å²) in [5.74, 6) is 0.447. The van der Waals surface area contributed by atoms with Crippen molar-refractivity contribution in [3.63, 3.8) is 0 Å². The second kappa shape index (κ2) is 12.3. The molecule has 0 spiro atoms. The fourth-order valence-electron chi connectivity index (χ4n) is 7.38. The number of nitrogens with one attached hydrogen (secondary N) is 1. The third-order valence-corrected chi connectivity index (χ3v) is 9.48. The summed E-state index contributed by atoms with van der Waals surface area (Å²) in [6, 6.07) is 7.62. The average Bonchev–Trinajstić information content (AvgIpc) is 3.04. The Morgan fingerprint density at radius 2 is 1.69 bits per heavy atom. The minimum Gasteiger partial charge on any atom is -0.481 e. The summed E-state index contributed by atoms with van der Waals surface area (Å²) in [7, 11) is 0. The number of rotatable bonds is 7. The van der Waals surface area contributed by atoms with Crippen LogP contribution in [0.15, 0.2) is 18.2 Å². The van der Waals surface area contributed by atoms with Crippen LogP contribution in [0.4, 0.5) is 10.5 Å². The van der Waals surface area contributed by atoms with E-state index in [0.717, 1.165) is 77.7 Å². The Labute approximate surface area is 222 Å². The van der Waals surface area contributed by atoms with Crippen molar-refractivity contribution in [3.05, 3.63) is 29.3 Å². The number of halogens is 1. The van der Waals surface area contributed by atoms with Crippen molar-refractivity contribution in [2.45, 2.75) is 89.5 Å². The third-order valence-electron chi connectivity index (χ3n) is 9.48. The van der Waals surface area contributed by atoms with Gasteiger partial charge in [0.15, 0.2) is 0 Å². The molecule has 2 N–H and O–H groups in total.